The van der Waals surface area contributed by atoms with E-state index in [1.807, 2.05) is 32.0 Å². The van der Waals surface area contributed by atoms with Crippen molar-refractivity contribution in [2.45, 2.75) is 33.3 Å². The monoisotopic (exact) mass is 374 g/mol. The van der Waals surface area contributed by atoms with Crippen molar-refractivity contribution in [3.8, 4) is 0 Å². The Hall–Kier alpha value is -2.67. The lowest BCUT2D eigenvalue weighted by atomic mass is 10.1. The number of ether oxygens (including phenoxy) is 1. The van der Waals surface area contributed by atoms with Gasteiger partial charge < -0.3 is 15.4 Å². The number of nitrogens with one attached hydrogen (secondary N) is 2. The van der Waals surface area contributed by atoms with Crippen LogP contribution in [0.4, 0.5) is 5.69 Å². The van der Waals surface area contributed by atoms with Gasteiger partial charge in [-0.25, -0.2) is 0 Å². The van der Waals surface area contributed by atoms with Crippen LogP contribution in [-0.4, -0.2) is 30.4 Å². The third-order valence-corrected chi connectivity index (χ3v) is 4.41. The molecule has 0 aliphatic rings. The highest BCUT2D eigenvalue weighted by atomic mass is 32.1. The van der Waals surface area contributed by atoms with Crippen molar-refractivity contribution in [1.29, 1.82) is 0 Å². The van der Waals surface area contributed by atoms with Crippen LogP contribution in [0.15, 0.2) is 35.0 Å². The van der Waals surface area contributed by atoms with Gasteiger partial charge in [-0.15, -0.1) is 0 Å². The Balaban J connectivity index is 1.76. The van der Waals surface area contributed by atoms with Crippen molar-refractivity contribution >= 4 is 34.8 Å². The summed E-state index contributed by atoms with van der Waals surface area (Å²) >= 11 is 1.42. The quantitative estimate of drug-likeness (QED) is 0.730. The molecule has 0 aliphatic heterocycles. The summed E-state index contributed by atoms with van der Waals surface area (Å²) in [5.74, 6) is -1.17. The minimum atomic E-state index is -0.921. The molecule has 2 aromatic rings. The number of hydrogen-bond donors (Lipinski definition) is 2. The number of amides is 2. The van der Waals surface area contributed by atoms with Gasteiger partial charge in [0, 0.05) is 23.2 Å². The molecule has 0 saturated heterocycles. The fraction of sp³-hybridized carbons (Fsp3) is 0.316. The highest BCUT2D eigenvalue weighted by Crippen LogP contribution is 2.17. The summed E-state index contributed by atoms with van der Waals surface area (Å²) in [5, 5.41) is 8.94. The summed E-state index contributed by atoms with van der Waals surface area (Å²) in [6, 6.07) is 7.44. The van der Waals surface area contributed by atoms with Gasteiger partial charge in [0.15, 0.2) is 6.10 Å². The van der Waals surface area contributed by atoms with Crippen molar-refractivity contribution in [1.82, 2.24) is 5.32 Å². The van der Waals surface area contributed by atoms with Gasteiger partial charge in [0.2, 0.25) is 0 Å². The van der Waals surface area contributed by atoms with E-state index in [-0.39, 0.29) is 18.9 Å². The van der Waals surface area contributed by atoms with Crippen LogP contribution in [-0.2, 0) is 14.3 Å². The molecular formula is C19H22N2O4S. The number of hydrogen-bond acceptors (Lipinski definition) is 5. The molecule has 2 amide bonds. The van der Waals surface area contributed by atoms with E-state index in [4.69, 9.17) is 4.74 Å². The van der Waals surface area contributed by atoms with Gasteiger partial charge in [-0.1, -0.05) is 12.1 Å². The largest absolute Gasteiger partial charge is 0.452 e. The molecule has 7 heteroatoms. The lowest BCUT2D eigenvalue weighted by Crippen LogP contribution is -2.32. The Labute approximate surface area is 156 Å². The molecule has 138 valence electrons. The first-order valence-electron chi connectivity index (χ1n) is 8.25. The first-order valence-corrected chi connectivity index (χ1v) is 9.19. The molecule has 0 aliphatic carbocycles. The standard InChI is InChI=1S/C19H22N2O4S/c1-12-4-5-13(2)16(10-12)21-18(23)14(3)25-17(22)6-8-20-19(24)15-7-9-26-11-15/h4-5,7,9-11,14H,6,8H2,1-3H3,(H,20,24)(H,21,23). The minimum absolute atomic E-state index is 0.00301. The first-order chi connectivity index (χ1) is 12.4. The second-order valence-electron chi connectivity index (χ2n) is 5.96. The lowest BCUT2D eigenvalue weighted by Gasteiger charge is -2.15. The molecule has 1 aromatic heterocycles. The number of benzene rings is 1. The van der Waals surface area contributed by atoms with Crippen molar-refractivity contribution in [2.75, 3.05) is 11.9 Å². The molecule has 6 nitrogen and oxygen atoms in total. The van der Waals surface area contributed by atoms with Crippen LogP contribution in [0.1, 0.15) is 34.8 Å². The predicted octanol–water partition coefficient (Wildman–Crippen LogP) is 3.06. The number of anilines is 1. The maximum atomic E-state index is 12.2. The average Bonchev–Trinajstić information content (AvgIpc) is 3.12. The second-order valence-corrected chi connectivity index (χ2v) is 6.74. The van der Waals surface area contributed by atoms with Crippen LogP contribution in [0.25, 0.3) is 0 Å². The number of rotatable bonds is 7. The molecule has 1 heterocycles. The van der Waals surface area contributed by atoms with E-state index in [9.17, 15) is 14.4 Å². The summed E-state index contributed by atoms with van der Waals surface area (Å²) in [6.45, 7) is 5.49. The first kappa shape index (κ1) is 19.7. The minimum Gasteiger partial charge on any atom is -0.452 e. The van der Waals surface area contributed by atoms with E-state index in [1.165, 1.54) is 18.3 Å². The molecule has 1 atom stereocenters. The molecule has 0 saturated carbocycles. The maximum Gasteiger partial charge on any atom is 0.308 e. The summed E-state index contributed by atoms with van der Waals surface area (Å²) in [7, 11) is 0. The Bertz CT molecular complexity index is 787. The molecule has 0 radical (unpaired) electrons. The molecule has 0 spiro atoms. The Kier molecular flexibility index (Phi) is 6.91. The fourth-order valence-corrected chi connectivity index (χ4v) is 2.82. The number of aryl methyl sites for hydroxylation is 2. The van der Waals surface area contributed by atoms with Gasteiger partial charge >= 0.3 is 5.97 Å². The van der Waals surface area contributed by atoms with Gasteiger partial charge in [0.25, 0.3) is 11.8 Å². The van der Waals surface area contributed by atoms with E-state index in [2.05, 4.69) is 10.6 Å². The summed E-state index contributed by atoms with van der Waals surface area (Å²) in [4.78, 5) is 35.8. The smallest absolute Gasteiger partial charge is 0.308 e. The van der Waals surface area contributed by atoms with Crippen molar-refractivity contribution in [3.63, 3.8) is 0 Å². The summed E-state index contributed by atoms with van der Waals surface area (Å²) in [5.41, 5.74) is 3.21. The highest BCUT2D eigenvalue weighted by Gasteiger charge is 2.18. The predicted molar refractivity (Wildman–Crippen MR) is 101 cm³/mol. The number of thiophene rings is 1. The van der Waals surface area contributed by atoms with E-state index in [0.717, 1.165) is 11.1 Å². The molecule has 1 aromatic carbocycles. The van der Waals surface area contributed by atoms with E-state index < -0.39 is 18.0 Å². The van der Waals surface area contributed by atoms with E-state index >= 15 is 0 Å². The third kappa shape index (κ3) is 5.70. The molecule has 0 bridgehead atoms. The highest BCUT2D eigenvalue weighted by molar-refractivity contribution is 7.08. The second kappa shape index (κ2) is 9.15. The van der Waals surface area contributed by atoms with Crippen molar-refractivity contribution in [2.24, 2.45) is 0 Å². The summed E-state index contributed by atoms with van der Waals surface area (Å²) < 4.78 is 5.13. The van der Waals surface area contributed by atoms with Gasteiger partial charge in [-0.3, -0.25) is 14.4 Å². The van der Waals surface area contributed by atoms with Crippen molar-refractivity contribution in [3.05, 3.63) is 51.7 Å². The van der Waals surface area contributed by atoms with Crippen molar-refractivity contribution < 1.29 is 19.1 Å². The van der Waals surface area contributed by atoms with Gasteiger partial charge in [0.1, 0.15) is 0 Å². The number of carbonyl (C=O) groups excluding carboxylic acids is 3. The molecule has 2 rings (SSSR count). The van der Waals surface area contributed by atoms with E-state index in [1.54, 1.807) is 16.8 Å². The SMILES string of the molecule is Cc1ccc(C)c(NC(=O)C(C)OC(=O)CCNC(=O)c2ccsc2)c1. The normalized spacial score (nSPS) is 11.5. The van der Waals surface area contributed by atoms with Crippen LogP contribution in [0.2, 0.25) is 0 Å². The van der Waals surface area contributed by atoms with Crippen LogP contribution in [0.5, 0.6) is 0 Å². The molecule has 1 unspecified atom stereocenters. The number of esters is 1. The Morgan fingerprint density at radius 1 is 1.19 bits per heavy atom. The van der Waals surface area contributed by atoms with Gasteiger partial charge in [0.05, 0.1) is 6.42 Å². The van der Waals surface area contributed by atoms with Crippen LogP contribution >= 0.6 is 11.3 Å². The molecular weight excluding hydrogens is 352 g/mol. The van der Waals surface area contributed by atoms with Gasteiger partial charge in [-0.05, 0) is 49.4 Å². The van der Waals surface area contributed by atoms with Gasteiger partial charge in [-0.2, -0.15) is 11.3 Å². The zero-order chi connectivity index (χ0) is 19.1. The zero-order valence-corrected chi connectivity index (χ0v) is 15.8. The van der Waals surface area contributed by atoms with Crippen LogP contribution in [0.3, 0.4) is 0 Å². The Morgan fingerprint density at radius 2 is 1.96 bits per heavy atom. The molecule has 26 heavy (non-hydrogen) atoms. The molecule has 2 N–H and O–H groups in total. The third-order valence-electron chi connectivity index (χ3n) is 3.73. The Morgan fingerprint density at radius 3 is 2.65 bits per heavy atom. The lowest BCUT2D eigenvalue weighted by molar-refractivity contribution is -0.153. The zero-order valence-electron chi connectivity index (χ0n) is 15.0. The average molecular weight is 374 g/mol. The maximum absolute atomic E-state index is 12.2. The summed E-state index contributed by atoms with van der Waals surface area (Å²) in [6.07, 6.45) is -0.924. The topological polar surface area (TPSA) is 84.5 Å². The number of carbonyl (C=O) groups is 3. The fourth-order valence-electron chi connectivity index (χ4n) is 2.19. The molecule has 0 fully saturated rings. The van der Waals surface area contributed by atoms with Crippen LogP contribution < -0.4 is 10.6 Å². The van der Waals surface area contributed by atoms with Crippen LogP contribution in [0, 0.1) is 13.8 Å². The van der Waals surface area contributed by atoms with E-state index in [0.29, 0.717) is 11.3 Å².